The lowest BCUT2D eigenvalue weighted by atomic mass is 9.94. The summed E-state index contributed by atoms with van der Waals surface area (Å²) in [5.41, 5.74) is 0.933. The number of anilines is 2. The first-order valence-electron chi connectivity index (χ1n) is 12.5. The molecular weight excluding hydrogens is 506 g/mol. The average Bonchev–Trinajstić information content (AvgIpc) is 3.50. The number of benzene rings is 3. The van der Waals surface area contributed by atoms with Crippen LogP contribution in [0.1, 0.15) is 36.0 Å². The second kappa shape index (κ2) is 10.2. The Morgan fingerprint density at radius 1 is 1.05 bits per heavy atom. The normalized spacial score (nSPS) is 15.4. The van der Waals surface area contributed by atoms with Crippen molar-refractivity contribution in [3.8, 4) is 5.75 Å². The molecule has 7 nitrogen and oxygen atoms in total. The van der Waals surface area contributed by atoms with E-state index in [1.807, 2.05) is 26.0 Å². The molecule has 1 amide bonds. The highest BCUT2D eigenvalue weighted by molar-refractivity contribution is 6.20. The second-order valence-corrected chi connectivity index (χ2v) is 9.02. The van der Waals surface area contributed by atoms with Crippen LogP contribution in [-0.4, -0.2) is 37.0 Å². The third-order valence-corrected chi connectivity index (χ3v) is 6.91. The first-order chi connectivity index (χ1) is 18.8. The number of rotatable bonds is 8. The number of aliphatic hydroxyl groups is 1. The molecular formula is C30H26F2N2O5. The molecule has 1 aliphatic heterocycles. The van der Waals surface area contributed by atoms with Gasteiger partial charge in [0.1, 0.15) is 11.6 Å². The molecule has 1 aliphatic rings. The van der Waals surface area contributed by atoms with Crippen molar-refractivity contribution in [1.29, 1.82) is 0 Å². The first-order valence-corrected chi connectivity index (χ1v) is 12.5. The van der Waals surface area contributed by atoms with Crippen molar-refractivity contribution in [3.63, 3.8) is 0 Å². The molecule has 1 aromatic heterocycles. The van der Waals surface area contributed by atoms with Crippen molar-refractivity contribution in [2.75, 3.05) is 30.0 Å². The van der Waals surface area contributed by atoms with Crippen molar-refractivity contribution in [2.24, 2.45) is 0 Å². The molecule has 0 fully saturated rings. The number of carbonyl (C=O) groups excluding carboxylic acids is 2. The van der Waals surface area contributed by atoms with E-state index < -0.39 is 40.8 Å². The molecule has 3 aromatic carbocycles. The van der Waals surface area contributed by atoms with E-state index in [0.717, 1.165) is 41.9 Å². The second-order valence-electron chi connectivity index (χ2n) is 9.02. The zero-order valence-corrected chi connectivity index (χ0v) is 21.6. The molecule has 0 saturated carbocycles. The van der Waals surface area contributed by atoms with Crippen molar-refractivity contribution in [3.05, 3.63) is 101 Å². The lowest BCUT2D eigenvalue weighted by molar-refractivity contribution is -0.117. The molecule has 200 valence electrons. The molecule has 0 bridgehead atoms. The summed E-state index contributed by atoms with van der Waals surface area (Å²) in [5.74, 6) is -4.07. The van der Waals surface area contributed by atoms with Gasteiger partial charge in [-0.3, -0.25) is 14.5 Å². The predicted octanol–water partition coefficient (Wildman–Crippen LogP) is 6.35. The largest absolute Gasteiger partial charge is 0.503 e. The Morgan fingerprint density at radius 2 is 1.77 bits per heavy atom. The molecule has 1 unspecified atom stereocenters. The number of para-hydroxylation sites is 1. The van der Waals surface area contributed by atoms with Gasteiger partial charge < -0.3 is 19.2 Å². The smallest absolute Gasteiger partial charge is 0.294 e. The van der Waals surface area contributed by atoms with Gasteiger partial charge in [-0.1, -0.05) is 24.3 Å². The summed E-state index contributed by atoms with van der Waals surface area (Å²) in [7, 11) is 1.46. The van der Waals surface area contributed by atoms with E-state index >= 15 is 0 Å². The van der Waals surface area contributed by atoms with E-state index in [4.69, 9.17) is 9.15 Å². The number of fused-ring (bicyclic) bond motifs is 1. The van der Waals surface area contributed by atoms with E-state index in [1.165, 1.54) is 13.2 Å². The fourth-order valence-corrected chi connectivity index (χ4v) is 4.97. The Morgan fingerprint density at radius 3 is 2.44 bits per heavy atom. The minimum Gasteiger partial charge on any atom is -0.503 e. The topological polar surface area (TPSA) is 83.2 Å². The van der Waals surface area contributed by atoms with E-state index in [2.05, 4.69) is 4.90 Å². The van der Waals surface area contributed by atoms with Crippen molar-refractivity contribution in [2.45, 2.75) is 19.9 Å². The van der Waals surface area contributed by atoms with Gasteiger partial charge in [-0.15, -0.1) is 0 Å². The minimum absolute atomic E-state index is 0.143. The average molecular weight is 533 g/mol. The summed E-state index contributed by atoms with van der Waals surface area (Å²) >= 11 is 0. The van der Waals surface area contributed by atoms with Crippen LogP contribution < -0.4 is 14.5 Å². The lowest BCUT2D eigenvalue weighted by Gasteiger charge is -2.28. The molecule has 4 aromatic rings. The van der Waals surface area contributed by atoms with Gasteiger partial charge >= 0.3 is 0 Å². The maximum absolute atomic E-state index is 15.0. The molecule has 5 rings (SSSR count). The quantitative estimate of drug-likeness (QED) is 0.266. The number of aliphatic hydroxyl groups excluding tert-OH is 1. The van der Waals surface area contributed by atoms with Crippen molar-refractivity contribution >= 4 is 34.0 Å². The summed E-state index contributed by atoms with van der Waals surface area (Å²) in [4.78, 5) is 30.2. The van der Waals surface area contributed by atoms with Crippen LogP contribution in [0.3, 0.4) is 0 Å². The van der Waals surface area contributed by atoms with Crippen LogP contribution >= 0.6 is 0 Å². The number of nitrogens with zero attached hydrogens (tertiary/aromatic N) is 2. The Hall–Kier alpha value is -4.66. The number of carbonyl (C=O) groups is 2. The van der Waals surface area contributed by atoms with E-state index in [1.54, 1.807) is 30.3 Å². The number of hydrogen-bond donors (Lipinski definition) is 1. The van der Waals surface area contributed by atoms with E-state index in [9.17, 15) is 23.5 Å². The van der Waals surface area contributed by atoms with Gasteiger partial charge in [-0.05, 0) is 55.8 Å². The SMILES string of the molecule is CCN(CC)c1ccc(C2C(C(=O)c3cc4cccc(OC)c4o3)=C(O)C(=O)N2c2cc(F)ccc2F)cc1. The number of methoxy groups -OCH3 is 1. The zero-order valence-electron chi connectivity index (χ0n) is 21.6. The molecule has 9 heteroatoms. The van der Waals surface area contributed by atoms with Crippen molar-refractivity contribution < 1.29 is 32.6 Å². The Kier molecular flexibility index (Phi) is 6.82. The molecule has 39 heavy (non-hydrogen) atoms. The van der Waals surface area contributed by atoms with Gasteiger partial charge in [-0.2, -0.15) is 0 Å². The van der Waals surface area contributed by atoms with Crippen LogP contribution in [0.25, 0.3) is 11.0 Å². The Labute approximate surface area is 223 Å². The number of hydrogen-bond acceptors (Lipinski definition) is 6. The number of furan rings is 1. The monoisotopic (exact) mass is 532 g/mol. The molecule has 0 saturated heterocycles. The highest BCUT2D eigenvalue weighted by atomic mass is 19.1. The fraction of sp³-hybridized carbons (Fsp3) is 0.200. The van der Waals surface area contributed by atoms with Crippen LogP contribution in [-0.2, 0) is 4.79 Å². The number of amides is 1. The highest BCUT2D eigenvalue weighted by Crippen LogP contribution is 2.44. The van der Waals surface area contributed by atoms with Gasteiger partial charge in [0.25, 0.3) is 5.91 Å². The van der Waals surface area contributed by atoms with Gasteiger partial charge in [-0.25, -0.2) is 8.78 Å². The van der Waals surface area contributed by atoms with Gasteiger partial charge in [0.05, 0.1) is 24.4 Å². The van der Waals surface area contributed by atoms with Crippen molar-refractivity contribution in [1.82, 2.24) is 0 Å². The highest BCUT2D eigenvalue weighted by Gasteiger charge is 2.46. The van der Waals surface area contributed by atoms with E-state index in [-0.39, 0.29) is 11.3 Å². The molecule has 0 aliphatic carbocycles. The number of Topliss-reactive ketones (excluding diaryl/α,β-unsaturated/α-hetero) is 1. The summed E-state index contributed by atoms with van der Waals surface area (Å²) in [6.45, 7) is 5.55. The van der Waals surface area contributed by atoms with Crippen LogP contribution in [0.4, 0.5) is 20.2 Å². The minimum atomic E-state index is -1.25. The number of halogens is 2. The maximum Gasteiger partial charge on any atom is 0.294 e. The molecule has 1 N–H and O–H groups in total. The standard InChI is InChI=1S/C30H26F2N2O5/c1-4-33(5-2)20-12-9-17(10-13-20)26-25(27(35)24-15-18-7-6-8-23(38-3)29(18)39-24)28(36)30(37)34(26)22-16-19(31)11-14-21(22)32/h6-16,26,36H,4-5H2,1-3H3. The Balaban J connectivity index is 1.66. The van der Waals surface area contributed by atoms with Gasteiger partial charge in [0, 0.05) is 30.2 Å². The summed E-state index contributed by atoms with van der Waals surface area (Å²) in [5, 5.41) is 11.6. The summed E-state index contributed by atoms with van der Waals surface area (Å²) in [6, 6.07) is 15.1. The van der Waals surface area contributed by atoms with Gasteiger partial charge in [0.15, 0.2) is 22.9 Å². The summed E-state index contributed by atoms with van der Waals surface area (Å²) in [6.07, 6.45) is 0. The summed E-state index contributed by atoms with van der Waals surface area (Å²) < 4.78 is 40.3. The molecule has 2 heterocycles. The zero-order chi connectivity index (χ0) is 27.8. The predicted molar refractivity (Wildman–Crippen MR) is 143 cm³/mol. The first kappa shape index (κ1) is 26.0. The van der Waals surface area contributed by atoms with Crippen LogP contribution in [0, 0.1) is 11.6 Å². The molecule has 0 radical (unpaired) electrons. The maximum atomic E-state index is 15.0. The number of ether oxygens (including phenoxy) is 1. The van der Waals surface area contributed by atoms with Crippen LogP contribution in [0.2, 0.25) is 0 Å². The third-order valence-electron chi connectivity index (χ3n) is 6.91. The van der Waals surface area contributed by atoms with Crippen LogP contribution in [0.5, 0.6) is 5.75 Å². The van der Waals surface area contributed by atoms with Gasteiger partial charge in [0.2, 0.25) is 5.78 Å². The fourth-order valence-electron chi connectivity index (χ4n) is 4.97. The molecule has 0 spiro atoms. The Bertz CT molecular complexity index is 1610. The molecule has 1 atom stereocenters. The third kappa shape index (κ3) is 4.39. The van der Waals surface area contributed by atoms with E-state index in [0.29, 0.717) is 22.3 Å². The lowest BCUT2D eigenvalue weighted by Crippen LogP contribution is -2.32. The van der Waals surface area contributed by atoms with Crippen LogP contribution in [0.15, 0.2) is 82.5 Å². The number of ketones is 1.